The lowest BCUT2D eigenvalue weighted by molar-refractivity contribution is -0.143. The van der Waals surface area contributed by atoms with Crippen molar-refractivity contribution in [1.29, 1.82) is 0 Å². The van der Waals surface area contributed by atoms with Crippen molar-refractivity contribution in [2.75, 3.05) is 26.6 Å². The highest BCUT2D eigenvalue weighted by molar-refractivity contribution is 6.07. The Morgan fingerprint density at radius 1 is 1.00 bits per heavy atom. The predicted molar refractivity (Wildman–Crippen MR) is 114 cm³/mol. The first-order valence-electron chi connectivity index (χ1n) is 9.30. The Morgan fingerprint density at radius 2 is 1.76 bits per heavy atom. The number of rotatable bonds is 7. The van der Waals surface area contributed by atoms with Crippen molar-refractivity contribution in [3.63, 3.8) is 0 Å². The van der Waals surface area contributed by atoms with Crippen LogP contribution in [0.2, 0.25) is 0 Å². The number of fused-ring (bicyclic) bond motifs is 1. The third-order valence-electron chi connectivity index (χ3n) is 4.77. The second kappa shape index (κ2) is 9.21. The van der Waals surface area contributed by atoms with E-state index in [0.29, 0.717) is 29.8 Å². The average Bonchev–Trinajstić information content (AvgIpc) is 2.75. The second-order valence-corrected chi connectivity index (χ2v) is 6.66. The van der Waals surface area contributed by atoms with Crippen LogP contribution in [0.3, 0.4) is 0 Å². The van der Waals surface area contributed by atoms with E-state index < -0.39 is 12.0 Å². The van der Waals surface area contributed by atoms with E-state index in [-0.39, 0.29) is 5.91 Å². The first-order chi connectivity index (χ1) is 14.0. The summed E-state index contributed by atoms with van der Waals surface area (Å²) in [5, 5.41) is 4.84. The number of esters is 1. The maximum atomic E-state index is 13.1. The van der Waals surface area contributed by atoms with Crippen LogP contribution in [0.1, 0.15) is 16.8 Å². The molecule has 0 aliphatic carbocycles. The number of benzene rings is 3. The third-order valence-corrected chi connectivity index (χ3v) is 4.77. The fourth-order valence-electron chi connectivity index (χ4n) is 3.31. The Kier molecular flexibility index (Phi) is 6.46. The zero-order valence-electron chi connectivity index (χ0n) is 16.5. The van der Waals surface area contributed by atoms with Gasteiger partial charge in [-0.25, -0.2) is 4.79 Å². The minimum atomic E-state index is -0.801. The fraction of sp³-hybridized carbons (Fsp3) is 0.217. The molecule has 0 fully saturated rings. The van der Waals surface area contributed by atoms with Crippen molar-refractivity contribution in [3.05, 3.63) is 66.2 Å². The highest BCUT2D eigenvalue weighted by Gasteiger charge is 2.24. The minimum Gasteiger partial charge on any atom is -0.467 e. The zero-order chi connectivity index (χ0) is 20.8. The molecule has 0 radical (unpaired) electrons. The summed E-state index contributed by atoms with van der Waals surface area (Å²) < 4.78 is 9.84. The molecule has 3 rings (SSSR count). The molecule has 0 saturated heterocycles. The summed E-state index contributed by atoms with van der Waals surface area (Å²) >= 11 is 0. The summed E-state index contributed by atoms with van der Waals surface area (Å²) in [4.78, 5) is 25.1. The Labute approximate surface area is 169 Å². The molecule has 0 aliphatic rings. The number of nitrogens with one attached hydrogen (secondary N) is 1. The number of amides is 1. The van der Waals surface area contributed by atoms with Gasteiger partial charge in [-0.3, -0.25) is 4.79 Å². The molecule has 0 bridgehead atoms. The molecule has 6 nitrogen and oxygen atoms in total. The molecule has 3 aromatic rings. The highest BCUT2D eigenvalue weighted by Crippen LogP contribution is 2.32. The van der Waals surface area contributed by atoms with Gasteiger partial charge < -0.3 is 20.5 Å². The van der Waals surface area contributed by atoms with Gasteiger partial charge in [0.25, 0.3) is 5.91 Å². The monoisotopic (exact) mass is 392 g/mol. The molecule has 0 unspecified atom stereocenters. The van der Waals surface area contributed by atoms with Gasteiger partial charge in [0.2, 0.25) is 0 Å². The lowest BCUT2D eigenvalue weighted by atomic mass is 9.93. The van der Waals surface area contributed by atoms with Crippen molar-refractivity contribution in [1.82, 2.24) is 5.32 Å². The molecule has 0 aliphatic heterocycles. The average molecular weight is 392 g/mol. The van der Waals surface area contributed by atoms with E-state index in [4.69, 9.17) is 15.2 Å². The smallest absolute Gasteiger partial charge is 0.328 e. The van der Waals surface area contributed by atoms with Gasteiger partial charge in [-0.2, -0.15) is 0 Å². The van der Waals surface area contributed by atoms with E-state index in [1.165, 1.54) is 14.2 Å². The zero-order valence-corrected chi connectivity index (χ0v) is 16.5. The first-order valence-corrected chi connectivity index (χ1v) is 9.30. The van der Waals surface area contributed by atoms with Crippen LogP contribution >= 0.6 is 0 Å². The van der Waals surface area contributed by atoms with Gasteiger partial charge >= 0.3 is 5.97 Å². The van der Waals surface area contributed by atoms with E-state index in [1.54, 1.807) is 18.2 Å². The molecule has 0 aromatic heterocycles. The molecule has 150 valence electrons. The number of hydrogen-bond acceptors (Lipinski definition) is 5. The minimum absolute atomic E-state index is 0.313. The van der Waals surface area contributed by atoms with Gasteiger partial charge in [0.05, 0.1) is 7.11 Å². The van der Waals surface area contributed by atoms with E-state index in [1.807, 2.05) is 42.5 Å². The first kappa shape index (κ1) is 20.4. The third kappa shape index (κ3) is 4.55. The Balaban J connectivity index is 2.02. The normalized spacial score (nSPS) is 11.8. The Bertz CT molecular complexity index is 1030. The van der Waals surface area contributed by atoms with Gasteiger partial charge in [0.1, 0.15) is 6.04 Å². The van der Waals surface area contributed by atoms with Crippen LogP contribution in [0, 0.1) is 0 Å². The van der Waals surface area contributed by atoms with Crippen LogP contribution in [0.5, 0.6) is 0 Å². The number of carbonyl (C=O) groups is 2. The van der Waals surface area contributed by atoms with Gasteiger partial charge in [0, 0.05) is 31.4 Å². The van der Waals surface area contributed by atoms with Crippen LogP contribution in [0.15, 0.2) is 60.7 Å². The van der Waals surface area contributed by atoms with Crippen LogP contribution < -0.4 is 11.1 Å². The lowest BCUT2D eigenvalue weighted by Crippen LogP contribution is -2.42. The summed E-state index contributed by atoms with van der Waals surface area (Å²) in [6.07, 6.45) is 0.313. The standard InChI is InChI=1S/C23H24N2O4/c1-28-13-12-21(23(27)29-2)25-22(26)19-11-10-16(24)14-20(19)18-9-5-7-15-6-3-4-8-17(15)18/h3-11,14,21H,12-13,24H2,1-2H3,(H,25,26)/t21-/m1/s1. The van der Waals surface area contributed by atoms with Gasteiger partial charge in [-0.05, 0) is 40.1 Å². The van der Waals surface area contributed by atoms with E-state index >= 15 is 0 Å². The van der Waals surface area contributed by atoms with Crippen molar-refractivity contribution in [3.8, 4) is 11.1 Å². The summed E-state index contributed by atoms with van der Waals surface area (Å²) in [7, 11) is 2.83. The molecule has 1 atom stereocenters. The fourth-order valence-corrected chi connectivity index (χ4v) is 3.31. The number of carbonyl (C=O) groups excluding carboxylic acids is 2. The van der Waals surface area contributed by atoms with Crippen molar-refractivity contribution in [2.45, 2.75) is 12.5 Å². The lowest BCUT2D eigenvalue weighted by Gasteiger charge is -2.18. The summed E-state index contributed by atoms with van der Waals surface area (Å²) in [6, 6.07) is 18.2. The van der Waals surface area contributed by atoms with Gasteiger partial charge in [-0.1, -0.05) is 42.5 Å². The van der Waals surface area contributed by atoms with Crippen LogP contribution in [-0.2, 0) is 14.3 Å². The molecular weight excluding hydrogens is 368 g/mol. The number of ether oxygens (including phenoxy) is 2. The predicted octanol–water partition coefficient (Wildman–Crippen LogP) is 3.40. The number of nitrogens with two attached hydrogens (primary N) is 1. The summed E-state index contributed by atoms with van der Waals surface area (Å²) in [6.45, 7) is 0.317. The molecule has 1 amide bonds. The van der Waals surface area contributed by atoms with Crippen molar-refractivity contribution < 1.29 is 19.1 Å². The van der Waals surface area contributed by atoms with Crippen molar-refractivity contribution >= 4 is 28.3 Å². The number of hydrogen-bond donors (Lipinski definition) is 2. The van der Waals surface area contributed by atoms with Crippen LogP contribution in [0.25, 0.3) is 21.9 Å². The molecule has 29 heavy (non-hydrogen) atoms. The number of anilines is 1. The number of nitrogen functional groups attached to an aromatic ring is 1. The van der Waals surface area contributed by atoms with E-state index in [0.717, 1.165) is 16.3 Å². The van der Waals surface area contributed by atoms with Crippen molar-refractivity contribution in [2.24, 2.45) is 0 Å². The van der Waals surface area contributed by atoms with Crippen LogP contribution in [-0.4, -0.2) is 38.7 Å². The molecule has 3 aromatic carbocycles. The maximum absolute atomic E-state index is 13.1. The molecule has 0 saturated carbocycles. The SMILES string of the molecule is COCC[C@@H](NC(=O)c1ccc(N)cc1-c1cccc2ccccc12)C(=O)OC. The molecule has 6 heteroatoms. The molecule has 0 spiro atoms. The van der Waals surface area contributed by atoms with E-state index in [9.17, 15) is 9.59 Å². The Hall–Kier alpha value is -3.38. The largest absolute Gasteiger partial charge is 0.467 e. The quantitative estimate of drug-likeness (QED) is 0.475. The molecular formula is C23H24N2O4. The number of methoxy groups -OCH3 is 2. The topological polar surface area (TPSA) is 90.6 Å². The summed E-state index contributed by atoms with van der Waals surface area (Å²) in [5.74, 6) is -0.892. The second-order valence-electron chi connectivity index (χ2n) is 6.66. The molecule has 0 heterocycles. The van der Waals surface area contributed by atoms with Gasteiger partial charge in [-0.15, -0.1) is 0 Å². The summed E-state index contributed by atoms with van der Waals surface area (Å²) in [5.41, 5.74) is 8.60. The van der Waals surface area contributed by atoms with Crippen LogP contribution in [0.4, 0.5) is 5.69 Å². The Morgan fingerprint density at radius 3 is 2.52 bits per heavy atom. The van der Waals surface area contributed by atoms with E-state index in [2.05, 4.69) is 5.32 Å². The molecule has 3 N–H and O–H groups in total. The highest BCUT2D eigenvalue weighted by atomic mass is 16.5. The van der Waals surface area contributed by atoms with Gasteiger partial charge in [0.15, 0.2) is 0 Å². The maximum Gasteiger partial charge on any atom is 0.328 e.